The molecule has 5 nitrogen and oxygen atoms in total. The Hall–Kier alpha value is -2.43. The molecule has 4 rings (SSSR count). The standard InChI is InChI=1S/C20H25N3O2/c1-19(2,3)25-18(24)23-9-8-20(12-23)10-14-6-4-5-7-15(14)17-16(20)11-21-13-22-17/h4-7,10-11,21-22H,8-9,12-13H2,1-3H3. The van der Waals surface area contributed by atoms with Gasteiger partial charge in [-0.15, -0.1) is 0 Å². The van der Waals surface area contributed by atoms with E-state index in [4.69, 9.17) is 4.74 Å². The second kappa shape index (κ2) is 5.55. The predicted molar refractivity (Wildman–Crippen MR) is 97.6 cm³/mol. The van der Waals surface area contributed by atoms with Crippen molar-refractivity contribution in [2.45, 2.75) is 32.8 Å². The largest absolute Gasteiger partial charge is 0.444 e. The van der Waals surface area contributed by atoms with Gasteiger partial charge >= 0.3 is 6.09 Å². The number of ether oxygens (including phenoxy) is 1. The third-order valence-electron chi connectivity index (χ3n) is 5.03. The molecule has 2 aliphatic heterocycles. The summed E-state index contributed by atoms with van der Waals surface area (Å²) in [5.74, 6) is 0. The molecule has 0 saturated carbocycles. The quantitative estimate of drug-likeness (QED) is 0.747. The zero-order valence-corrected chi connectivity index (χ0v) is 15.1. The summed E-state index contributed by atoms with van der Waals surface area (Å²) in [6, 6.07) is 8.45. The summed E-state index contributed by atoms with van der Waals surface area (Å²) >= 11 is 0. The van der Waals surface area contributed by atoms with Gasteiger partial charge < -0.3 is 20.3 Å². The summed E-state index contributed by atoms with van der Waals surface area (Å²) in [5, 5.41) is 9.26. The Morgan fingerprint density at radius 1 is 1.28 bits per heavy atom. The van der Waals surface area contributed by atoms with Crippen LogP contribution in [-0.2, 0) is 4.74 Å². The Kier molecular flexibility index (Phi) is 3.56. The smallest absolute Gasteiger partial charge is 0.410 e. The topological polar surface area (TPSA) is 53.6 Å². The zero-order chi connectivity index (χ0) is 17.7. The number of amides is 1. The normalized spacial score (nSPS) is 24.5. The van der Waals surface area contributed by atoms with Gasteiger partial charge in [0.1, 0.15) is 5.60 Å². The van der Waals surface area contributed by atoms with E-state index in [-0.39, 0.29) is 11.5 Å². The van der Waals surface area contributed by atoms with Crippen molar-refractivity contribution in [3.8, 4) is 0 Å². The van der Waals surface area contributed by atoms with Gasteiger partial charge in [-0.3, -0.25) is 0 Å². The first-order chi connectivity index (χ1) is 11.9. The highest BCUT2D eigenvalue weighted by Crippen LogP contribution is 2.43. The number of likely N-dealkylation sites (tertiary alicyclic amines) is 1. The highest BCUT2D eigenvalue weighted by atomic mass is 16.6. The molecule has 1 aromatic carbocycles. The van der Waals surface area contributed by atoms with E-state index in [2.05, 4.69) is 47.2 Å². The van der Waals surface area contributed by atoms with Gasteiger partial charge in [-0.1, -0.05) is 30.3 Å². The van der Waals surface area contributed by atoms with Crippen LogP contribution in [0.3, 0.4) is 0 Å². The van der Waals surface area contributed by atoms with Crippen LogP contribution in [0.25, 0.3) is 11.8 Å². The maximum absolute atomic E-state index is 12.5. The first kappa shape index (κ1) is 16.1. The van der Waals surface area contributed by atoms with Gasteiger partial charge in [-0.05, 0) is 32.4 Å². The maximum atomic E-state index is 12.5. The van der Waals surface area contributed by atoms with Crippen molar-refractivity contribution < 1.29 is 9.53 Å². The monoisotopic (exact) mass is 339 g/mol. The Morgan fingerprint density at radius 2 is 2.08 bits per heavy atom. The molecule has 1 spiro atoms. The molecule has 1 fully saturated rings. The van der Waals surface area contributed by atoms with Crippen molar-refractivity contribution in [2.75, 3.05) is 19.8 Å². The Morgan fingerprint density at radius 3 is 2.88 bits per heavy atom. The number of nitrogens with zero attached hydrogens (tertiary/aromatic N) is 1. The molecule has 3 aliphatic rings. The summed E-state index contributed by atoms with van der Waals surface area (Å²) in [5.41, 5.74) is 1.78. The van der Waals surface area contributed by atoms with Crippen molar-refractivity contribution in [1.82, 2.24) is 15.5 Å². The van der Waals surface area contributed by atoms with E-state index in [9.17, 15) is 4.79 Å². The van der Waals surface area contributed by atoms with Gasteiger partial charge in [0.15, 0.2) is 0 Å². The van der Waals surface area contributed by atoms with Crippen LogP contribution in [0.4, 0.5) is 4.79 Å². The first-order valence-electron chi connectivity index (χ1n) is 8.86. The molecular weight excluding hydrogens is 314 g/mol. The van der Waals surface area contributed by atoms with E-state index in [1.54, 1.807) is 0 Å². The fourth-order valence-corrected chi connectivity index (χ4v) is 3.97. The summed E-state index contributed by atoms with van der Waals surface area (Å²) in [6.45, 7) is 7.79. The average Bonchev–Trinajstić information content (AvgIpc) is 2.99. The number of hydrogen-bond acceptors (Lipinski definition) is 4. The molecule has 132 valence electrons. The van der Waals surface area contributed by atoms with Crippen molar-refractivity contribution in [1.29, 1.82) is 0 Å². The molecule has 0 bridgehead atoms. The van der Waals surface area contributed by atoms with Crippen LogP contribution in [0.5, 0.6) is 0 Å². The van der Waals surface area contributed by atoms with E-state index in [0.717, 1.165) is 13.1 Å². The van der Waals surface area contributed by atoms with E-state index < -0.39 is 5.60 Å². The summed E-state index contributed by atoms with van der Waals surface area (Å²) in [6.07, 6.45) is 5.11. The van der Waals surface area contributed by atoms with Crippen LogP contribution in [-0.4, -0.2) is 36.4 Å². The lowest BCUT2D eigenvalue weighted by molar-refractivity contribution is 0.0286. The third kappa shape index (κ3) is 2.77. The van der Waals surface area contributed by atoms with E-state index in [1.165, 1.54) is 21.7 Å². The molecule has 2 N–H and O–H groups in total. The third-order valence-corrected chi connectivity index (χ3v) is 5.03. The van der Waals surface area contributed by atoms with Crippen LogP contribution < -0.4 is 21.1 Å². The van der Waals surface area contributed by atoms with Gasteiger partial charge in [0.05, 0.1) is 6.67 Å². The molecule has 0 aromatic heterocycles. The average molecular weight is 339 g/mol. The SMILES string of the molecule is CC(C)(C)OC(=O)N1CCC2(C=c3ccccc3=C3NCNC=C32)C1. The van der Waals surface area contributed by atoms with Crippen LogP contribution in [0.15, 0.2) is 36.0 Å². The number of benzene rings is 1. The molecule has 1 aliphatic carbocycles. The Balaban J connectivity index is 1.73. The molecule has 1 atom stereocenters. The van der Waals surface area contributed by atoms with E-state index in [0.29, 0.717) is 13.1 Å². The molecule has 1 aromatic rings. The van der Waals surface area contributed by atoms with Gasteiger partial charge in [0.25, 0.3) is 0 Å². The van der Waals surface area contributed by atoms with Crippen molar-refractivity contribution >= 4 is 17.9 Å². The lowest BCUT2D eigenvalue weighted by atomic mass is 9.74. The van der Waals surface area contributed by atoms with Crippen molar-refractivity contribution in [2.24, 2.45) is 5.41 Å². The highest BCUT2D eigenvalue weighted by molar-refractivity contribution is 5.76. The number of nitrogens with one attached hydrogen (secondary N) is 2. The molecule has 2 heterocycles. The fourth-order valence-electron chi connectivity index (χ4n) is 3.97. The lowest BCUT2D eigenvalue weighted by Gasteiger charge is -2.36. The molecule has 1 amide bonds. The van der Waals surface area contributed by atoms with E-state index >= 15 is 0 Å². The molecule has 1 saturated heterocycles. The number of hydrogen-bond donors (Lipinski definition) is 2. The second-order valence-electron chi connectivity index (χ2n) is 8.03. The summed E-state index contributed by atoms with van der Waals surface area (Å²) < 4.78 is 5.58. The molecule has 1 unspecified atom stereocenters. The van der Waals surface area contributed by atoms with Crippen LogP contribution in [0.2, 0.25) is 0 Å². The number of fused-ring (bicyclic) bond motifs is 3. The molecule has 5 heteroatoms. The van der Waals surface area contributed by atoms with Gasteiger partial charge in [0, 0.05) is 41.2 Å². The summed E-state index contributed by atoms with van der Waals surface area (Å²) in [7, 11) is 0. The van der Waals surface area contributed by atoms with Crippen LogP contribution in [0, 0.1) is 5.41 Å². The van der Waals surface area contributed by atoms with Gasteiger partial charge in [-0.2, -0.15) is 0 Å². The van der Waals surface area contributed by atoms with E-state index in [1.807, 2.05) is 25.7 Å². The maximum Gasteiger partial charge on any atom is 0.410 e. The van der Waals surface area contributed by atoms with Crippen LogP contribution >= 0.6 is 0 Å². The second-order valence-corrected chi connectivity index (χ2v) is 8.03. The minimum absolute atomic E-state index is 0.166. The molecule has 0 radical (unpaired) electrons. The number of carbonyl (C=O) groups excluding carboxylic acids is 1. The Labute approximate surface area is 148 Å². The van der Waals surface area contributed by atoms with Crippen molar-refractivity contribution in [3.63, 3.8) is 0 Å². The fraction of sp³-hybridized carbons (Fsp3) is 0.450. The van der Waals surface area contributed by atoms with Crippen molar-refractivity contribution in [3.05, 3.63) is 46.5 Å². The van der Waals surface area contributed by atoms with Gasteiger partial charge in [-0.25, -0.2) is 4.79 Å². The lowest BCUT2D eigenvalue weighted by Crippen LogP contribution is -2.47. The number of carbonyl (C=O) groups is 1. The highest BCUT2D eigenvalue weighted by Gasteiger charge is 2.45. The number of rotatable bonds is 0. The minimum atomic E-state index is -0.472. The molecular formula is C20H25N3O2. The molecule has 25 heavy (non-hydrogen) atoms. The first-order valence-corrected chi connectivity index (χ1v) is 8.86. The minimum Gasteiger partial charge on any atom is -0.444 e. The van der Waals surface area contributed by atoms with Crippen LogP contribution in [0.1, 0.15) is 27.2 Å². The zero-order valence-electron chi connectivity index (χ0n) is 15.1. The Bertz CT molecular complexity index is 866. The predicted octanol–water partition coefficient (Wildman–Crippen LogP) is 1.25. The van der Waals surface area contributed by atoms with Gasteiger partial charge in [0.2, 0.25) is 0 Å². The summed E-state index contributed by atoms with van der Waals surface area (Å²) in [4.78, 5) is 14.4.